The molecule has 1 saturated heterocycles. The maximum atomic E-state index is 11.7. The molecule has 2 heterocycles. The van der Waals surface area contributed by atoms with Gasteiger partial charge in [0.2, 0.25) is 5.91 Å². The van der Waals surface area contributed by atoms with E-state index < -0.39 is 0 Å². The molecule has 1 N–H and O–H groups in total. The number of ether oxygens (including phenoxy) is 1. The lowest BCUT2D eigenvalue weighted by molar-refractivity contribution is -0.120. The number of carbonyl (C=O) groups is 1. The molecule has 4 rings (SSSR count). The number of benzene rings is 2. The molecule has 28 heavy (non-hydrogen) atoms. The molecule has 3 aromatic rings. The molecule has 5 nitrogen and oxygen atoms in total. The molecule has 144 valence electrons. The lowest BCUT2D eigenvalue weighted by Crippen LogP contribution is -2.28. The Morgan fingerprint density at radius 2 is 1.93 bits per heavy atom. The molecule has 1 aliphatic rings. The monoisotopic (exact) mass is 375 g/mol. The van der Waals surface area contributed by atoms with Crippen LogP contribution in [0.25, 0.3) is 22.2 Å². The van der Waals surface area contributed by atoms with Crippen molar-refractivity contribution in [1.29, 1.82) is 0 Å². The molecule has 0 atom stereocenters. The molecule has 1 fully saturated rings. The van der Waals surface area contributed by atoms with Gasteiger partial charge in [-0.05, 0) is 54.4 Å². The Bertz CT molecular complexity index is 999. The van der Waals surface area contributed by atoms with Gasteiger partial charge >= 0.3 is 0 Å². The van der Waals surface area contributed by atoms with E-state index in [9.17, 15) is 4.79 Å². The second-order valence-corrected chi connectivity index (χ2v) is 7.30. The first-order valence-electron chi connectivity index (χ1n) is 9.66. The van der Waals surface area contributed by atoms with E-state index in [1.807, 2.05) is 12.1 Å². The van der Waals surface area contributed by atoms with Crippen molar-refractivity contribution in [3.05, 3.63) is 59.7 Å². The van der Waals surface area contributed by atoms with Gasteiger partial charge in [-0.25, -0.2) is 4.98 Å². The van der Waals surface area contributed by atoms with Crippen molar-refractivity contribution in [3.8, 4) is 17.0 Å². The minimum absolute atomic E-state index is 0.130. The van der Waals surface area contributed by atoms with Crippen LogP contribution in [0.5, 0.6) is 5.75 Å². The summed E-state index contributed by atoms with van der Waals surface area (Å²) in [7, 11) is 1.67. The lowest BCUT2D eigenvalue weighted by Gasteiger charge is -2.21. The van der Waals surface area contributed by atoms with Crippen molar-refractivity contribution in [2.45, 2.75) is 19.9 Å². The highest BCUT2D eigenvalue weighted by atomic mass is 16.5. The summed E-state index contributed by atoms with van der Waals surface area (Å²) in [5, 5.41) is 4.09. The highest BCUT2D eigenvalue weighted by molar-refractivity contribution is 5.84. The van der Waals surface area contributed by atoms with Gasteiger partial charge in [0, 0.05) is 43.5 Å². The van der Waals surface area contributed by atoms with E-state index in [-0.39, 0.29) is 5.91 Å². The maximum Gasteiger partial charge on any atom is 0.221 e. The fourth-order valence-corrected chi connectivity index (χ4v) is 3.65. The molecule has 1 amide bonds. The van der Waals surface area contributed by atoms with Crippen molar-refractivity contribution in [2.75, 3.05) is 26.7 Å². The highest BCUT2D eigenvalue weighted by Crippen LogP contribution is 2.29. The van der Waals surface area contributed by atoms with Crippen molar-refractivity contribution in [1.82, 2.24) is 15.2 Å². The third kappa shape index (κ3) is 3.99. The molecule has 0 saturated carbocycles. The van der Waals surface area contributed by atoms with Crippen molar-refractivity contribution < 1.29 is 9.53 Å². The van der Waals surface area contributed by atoms with Crippen LogP contribution in [-0.2, 0) is 11.3 Å². The van der Waals surface area contributed by atoms with Gasteiger partial charge in [0.05, 0.1) is 18.3 Å². The summed E-state index contributed by atoms with van der Waals surface area (Å²) in [4.78, 5) is 19.0. The molecule has 0 bridgehead atoms. The van der Waals surface area contributed by atoms with Gasteiger partial charge in [-0.1, -0.05) is 12.1 Å². The average Bonchev–Trinajstić information content (AvgIpc) is 2.92. The third-order valence-electron chi connectivity index (χ3n) is 5.21. The largest absolute Gasteiger partial charge is 0.497 e. The number of aromatic nitrogens is 1. The molecule has 0 unspecified atom stereocenters. The van der Waals surface area contributed by atoms with E-state index in [1.54, 1.807) is 7.11 Å². The summed E-state index contributed by atoms with van der Waals surface area (Å²) in [6.45, 7) is 5.16. The fraction of sp³-hybridized carbons (Fsp3) is 0.304. The molecule has 2 aromatic carbocycles. The Hall–Kier alpha value is -2.92. The second kappa shape index (κ2) is 7.98. The number of nitrogens with one attached hydrogen (secondary N) is 1. The quantitative estimate of drug-likeness (QED) is 0.758. The van der Waals surface area contributed by atoms with Gasteiger partial charge in [0.25, 0.3) is 0 Å². The van der Waals surface area contributed by atoms with Crippen LogP contribution in [0.1, 0.15) is 17.5 Å². The van der Waals surface area contributed by atoms with Crippen molar-refractivity contribution in [2.24, 2.45) is 0 Å². The zero-order chi connectivity index (χ0) is 19.5. The first-order chi connectivity index (χ1) is 13.6. The first-order valence-corrected chi connectivity index (χ1v) is 9.66. The minimum atomic E-state index is 0.130. The number of rotatable bonds is 4. The first kappa shape index (κ1) is 18.4. The van der Waals surface area contributed by atoms with Crippen LogP contribution < -0.4 is 10.1 Å². The van der Waals surface area contributed by atoms with Crippen LogP contribution in [-0.4, -0.2) is 42.5 Å². The Balaban J connectivity index is 1.75. The summed E-state index contributed by atoms with van der Waals surface area (Å²) in [6.07, 6.45) is 0.540. The predicted molar refractivity (Wildman–Crippen MR) is 111 cm³/mol. The summed E-state index contributed by atoms with van der Waals surface area (Å²) >= 11 is 0. The van der Waals surface area contributed by atoms with E-state index in [0.29, 0.717) is 13.0 Å². The zero-order valence-electron chi connectivity index (χ0n) is 16.4. The number of pyridine rings is 1. The van der Waals surface area contributed by atoms with Crippen LogP contribution in [0.3, 0.4) is 0 Å². The van der Waals surface area contributed by atoms with Crippen LogP contribution in [0.2, 0.25) is 0 Å². The van der Waals surface area contributed by atoms with Gasteiger partial charge in [-0.15, -0.1) is 0 Å². The number of carbonyl (C=O) groups excluding carboxylic acids is 1. The zero-order valence-corrected chi connectivity index (χ0v) is 16.4. The smallest absolute Gasteiger partial charge is 0.221 e. The van der Waals surface area contributed by atoms with Crippen LogP contribution in [0, 0.1) is 6.92 Å². The maximum absolute atomic E-state index is 11.7. The molecule has 0 radical (unpaired) electrons. The van der Waals surface area contributed by atoms with Crippen molar-refractivity contribution in [3.63, 3.8) is 0 Å². The summed E-state index contributed by atoms with van der Waals surface area (Å²) in [6, 6.07) is 16.7. The van der Waals surface area contributed by atoms with Gasteiger partial charge < -0.3 is 10.1 Å². The Labute approximate surface area is 165 Å². The predicted octanol–water partition coefficient (Wildman–Crippen LogP) is 3.54. The number of nitrogens with zero attached hydrogens (tertiary/aromatic N) is 2. The minimum Gasteiger partial charge on any atom is -0.497 e. The van der Waals surface area contributed by atoms with E-state index in [2.05, 4.69) is 53.5 Å². The number of fused-ring (bicyclic) bond motifs is 1. The number of aryl methyl sites for hydroxylation is 1. The average molecular weight is 375 g/mol. The van der Waals surface area contributed by atoms with Crippen molar-refractivity contribution >= 4 is 16.8 Å². The lowest BCUT2D eigenvalue weighted by atomic mass is 10.0. The molecule has 0 aliphatic carbocycles. The summed E-state index contributed by atoms with van der Waals surface area (Å²) < 4.78 is 5.30. The molecular formula is C23H25N3O2. The van der Waals surface area contributed by atoms with Gasteiger partial charge in [0.1, 0.15) is 5.75 Å². The topological polar surface area (TPSA) is 54.5 Å². The molecule has 1 aromatic heterocycles. The molecule has 0 spiro atoms. The molecule has 1 aliphatic heterocycles. The SMILES string of the molecule is COc1ccc(-c2nc3cc(C)ccc3cc2CN2CCNC(=O)CC2)cc1. The highest BCUT2D eigenvalue weighted by Gasteiger charge is 2.17. The number of hydrogen-bond acceptors (Lipinski definition) is 4. The molecular weight excluding hydrogens is 350 g/mol. The Kier molecular flexibility index (Phi) is 5.26. The van der Waals surface area contributed by atoms with Gasteiger partial charge in [-0.3, -0.25) is 9.69 Å². The van der Waals surface area contributed by atoms with E-state index in [4.69, 9.17) is 9.72 Å². The van der Waals surface area contributed by atoms with Gasteiger partial charge in [-0.2, -0.15) is 0 Å². The fourth-order valence-electron chi connectivity index (χ4n) is 3.65. The summed E-state index contributed by atoms with van der Waals surface area (Å²) in [5.41, 5.74) is 5.44. The van der Waals surface area contributed by atoms with Gasteiger partial charge in [0.15, 0.2) is 0 Å². The summed E-state index contributed by atoms with van der Waals surface area (Å²) in [5.74, 6) is 0.962. The third-order valence-corrected chi connectivity index (χ3v) is 5.21. The van der Waals surface area contributed by atoms with E-state index >= 15 is 0 Å². The van der Waals surface area contributed by atoms with E-state index in [0.717, 1.165) is 47.5 Å². The van der Waals surface area contributed by atoms with Crippen LogP contribution >= 0.6 is 0 Å². The Morgan fingerprint density at radius 3 is 2.71 bits per heavy atom. The number of methoxy groups -OCH3 is 1. The Morgan fingerprint density at radius 1 is 1.11 bits per heavy atom. The number of amides is 1. The van der Waals surface area contributed by atoms with Crippen LogP contribution in [0.4, 0.5) is 0 Å². The van der Waals surface area contributed by atoms with E-state index in [1.165, 1.54) is 11.1 Å². The second-order valence-electron chi connectivity index (χ2n) is 7.30. The normalized spacial score (nSPS) is 15.3. The van der Waals surface area contributed by atoms with Crippen LogP contribution in [0.15, 0.2) is 48.5 Å². The molecule has 5 heteroatoms. The standard InChI is InChI=1S/C23H25N3O2/c1-16-3-4-18-14-19(15-26-11-9-22(27)24-10-12-26)23(25-21(18)13-16)17-5-7-20(28-2)8-6-17/h3-8,13-14H,9-12,15H2,1-2H3,(H,24,27). The number of hydrogen-bond donors (Lipinski definition) is 1.